The number of halogens is 3. The summed E-state index contributed by atoms with van der Waals surface area (Å²) in [7, 11) is -7.80. The molecule has 6 nitrogen and oxygen atoms in total. The minimum atomic E-state index is -4.25. The maximum atomic E-state index is 15.2. The number of hydrogen-bond acceptors (Lipinski definition) is 5. The monoisotopic (exact) mass is 519 g/mol. The van der Waals surface area contributed by atoms with Crippen molar-refractivity contribution < 1.29 is 30.4 Å². The lowest BCUT2D eigenvalue weighted by Gasteiger charge is -2.49. The Balaban J connectivity index is 1.85. The van der Waals surface area contributed by atoms with Gasteiger partial charge in [-0.2, -0.15) is 0 Å². The Hall–Kier alpha value is -1.75. The van der Waals surface area contributed by atoms with Gasteiger partial charge in [-0.15, -0.1) is 0 Å². The number of fused-ring (bicyclic) bond motifs is 3. The second-order valence-electron chi connectivity index (χ2n) is 8.50. The average Bonchev–Trinajstić information content (AvgIpc) is 2.75. The molecule has 1 aliphatic carbocycles. The van der Waals surface area contributed by atoms with Crippen LogP contribution in [0.3, 0.4) is 0 Å². The highest BCUT2D eigenvalue weighted by atomic mass is 35.5. The summed E-state index contributed by atoms with van der Waals surface area (Å²) < 4.78 is 88.9. The first-order chi connectivity index (χ1) is 15.5. The van der Waals surface area contributed by atoms with E-state index in [0.717, 1.165) is 12.1 Å². The summed E-state index contributed by atoms with van der Waals surface area (Å²) in [6.07, 6.45) is 0.576. The summed E-state index contributed by atoms with van der Waals surface area (Å²) in [6, 6.07) is 6.79. The molecule has 1 N–H and O–H groups in total. The summed E-state index contributed by atoms with van der Waals surface area (Å²) in [5.74, 6) is -2.99. The molecule has 33 heavy (non-hydrogen) atoms. The van der Waals surface area contributed by atoms with Crippen LogP contribution in [0.15, 0.2) is 41.3 Å². The van der Waals surface area contributed by atoms with Gasteiger partial charge in [0.25, 0.3) is 0 Å². The Bertz CT molecular complexity index is 1270. The Kier molecular flexibility index (Phi) is 6.50. The second kappa shape index (κ2) is 8.79. The Morgan fingerprint density at radius 1 is 1.09 bits per heavy atom. The van der Waals surface area contributed by atoms with Crippen molar-refractivity contribution >= 4 is 31.5 Å². The normalized spacial score (nSPS) is 25.1. The van der Waals surface area contributed by atoms with Gasteiger partial charge in [0.15, 0.2) is 21.4 Å². The molecule has 0 bridgehead atoms. The smallest absolute Gasteiger partial charge is 0.211 e. The standard InChI is InChI=1S/C22H24ClF2NO5S2/c1-2-11-32(27,28)26-16-9-10-22(33(29,30)17-5-3-15(23)4-6-17)14(12-16)13-31-21-19(25)8-7-18(24)20(21)22/h3-8,14,16,26H,2,9-13H2,1H3/t14-,16-,22+/m1/s1. The fraction of sp³-hybridized carbons (Fsp3) is 0.455. The lowest BCUT2D eigenvalue weighted by atomic mass is 9.71. The molecule has 11 heteroatoms. The zero-order valence-corrected chi connectivity index (χ0v) is 20.2. The molecule has 0 radical (unpaired) electrons. The van der Waals surface area contributed by atoms with Crippen molar-refractivity contribution in [3.05, 3.63) is 58.6 Å². The molecule has 2 aromatic rings. The van der Waals surface area contributed by atoms with Crippen molar-refractivity contribution in [2.24, 2.45) is 5.92 Å². The number of sulfonamides is 1. The number of rotatable bonds is 6. The molecule has 0 saturated heterocycles. The van der Waals surface area contributed by atoms with Crippen LogP contribution < -0.4 is 9.46 Å². The van der Waals surface area contributed by atoms with Gasteiger partial charge in [0.1, 0.15) is 10.6 Å². The van der Waals surface area contributed by atoms with Crippen LogP contribution in [-0.2, 0) is 24.6 Å². The van der Waals surface area contributed by atoms with Crippen molar-refractivity contribution in [1.82, 2.24) is 4.72 Å². The van der Waals surface area contributed by atoms with Crippen LogP contribution in [0.5, 0.6) is 5.75 Å². The molecule has 0 unspecified atom stereocenters. The molecule has 1 aliphatic heterocycles. The van der Waals surface area contributed by atoms with Gasteiger partial charge in [0, 0.05) is 17.0 Å². The molecule has 0 spiro atoms. The highest BCUT2D eigenvalue weighted by Crippen LogP contribution is 2.56. The maximum absolute atomic E-state index is 15.2. The largest absolute Gasteiger partial charge is 0.490 e. The topological polar surface area (TPSA) is 89.5 Å². The van der Waals surface area contributed by atoms with Crippen LogP contribution in [0.4, 0.5) is 8.78 Å². The highest BCUT2D eigenvalue weighted by molar-refractivity contribution is 7.92. The number of ether oxygens (including phenoxy) is 1. The van der Waals surface area contributed by atoms with Crippen LogP contribution in [0, 0.1) is 17.6 Å². The lowest BCUT2D eigenvalue weighted by Crippen LogP contribution is -2.55. The van der Waals surface area contributed by atoms with Gasteiger partial charge in [-0.1, -0.05) is 18.5 Å². The molecule has 0 aromatic heterocycles. The lowest BCUT2D eigenvalue weighted by molar-refractivity contribution is 0.113. The summed E-state index contributed by atoms with van der Waals surface area (Å²) in [4.78, 5) is -0.0709. The Morgan fingerprint density at radius 3 is 2.42 bits per heavy atom. The van der Waals surface area contributed by atoms with E-state index in [9.17, 15) is 21.2 Å². The Labute approximate surface area is 197 Å². The molecule has 1 fully saturated rings. The SMILES string of the molecule is CCCS(=O)(=O)N[C@@H]1CC[C@@]2(S(=O)(=O)c3ccc(Cl)cc3)c3c(F)ccc(F)c3OC[C@H]2C1. The van der Waals surface area contributed by atoms with Gasteiger partial charge >= 0.3 is 0 Å². The molecule has 2 aromatic carbocycles. The van der Waals surface area contributed by atoms with Crippen molar-refractivity contribution in [2.45, 2.75) is 48.3 Å². The van der Waals surface area contributed by atoms with E-state index in [-0.39, 0.29) is 42.1 Å². The number of benzene rings is 2. The summed E-state index contributed by atoms with van der Waals surface area (Å²) in [6.45, 7) is 1.55. The van der Waals surface area contributed by atoms with E-state index in [1.165, 1.54) is 24.3 Å². The quantitative estimate of drug-likeness (QED) is 0.618. The third kappa shape index (κ3) is 4.15. The van der Waals surface area contributed by atoms with Crippen LogP contribution in [0.2, 0.25) is 5.02 Å². The van der Waals surface area contributed by atoms with Gasteiger partial charge in [0.05, 0.1) is 22.8 Å². The van der Waals surface area contributed by atoms with Crippen LogP contribution in [-0.4, -0.2) is 35.2 Å². The third-order valence-corrected chi connectivity index (χ3v) is 10.9. The fourth-order valence-corrected chi connectivity index (χ4v) is 8.90. The molecule has 180 valence electrons. The van der Waals surface area contributed by atoms with E-state index in [1.54, 1.807) is 6.92 Å². The van der Waals surface area contributed by atoms with E-state index in [1.807, 2.05) is 0 Å². The summed E-state index contributed by atoms with van der Waals surface area (Å²) in [5, 5.41) is 0.335. The molecule has 2 aliphatic rings. The zero-order valence-electron chi connectivity index (χ0n) is 17.9. The predicted molar refractivity (Wildman–Crippen MR) is 121 cm³/mol. The van der Waals surface area contributed by atoms with Crippen LogP contribution >= 0.6 is 11.6 Å². The van der Waals surface area contributed by atoms with E-state index in [4.69, 9.17) is 16.3 Å². The van der Waals surface area contributed by atoms with Crippen LogP contribution in [0.1, 0.15) is 38.2 Å². The maximum Gasteiger partial charge on any atom is 0.211 e. The number of hydrogen-bond donors (Lipinski definition) is 1. The fourth-order valence-electron chi connectivity index (χ4n) is 5.03. The molecular weight excluding hydrogens is 496 g/mol. The molecule has 1 saturated carbocycles. The predicted octanol–water partition coefficient (Wildman–Crippen LogP) is 4.18. The van der Waals surface area contributed by atoms with Crippen LogP contribution in [0.25, 0.3) is 0 Å². The first-order valence-corrected chi connectivity index (χ1v) is 14.1. The zero-order chi connectivity index (χ0) is 24.0. The third-order valence-electron chi connectivity index (χ3n) is 6.43. The van der Waals surface area contributed by atoms with Gasteiger partial charge in [0.2, 0.25) is 10.0 Å². The number of sulfone groups is 1. The van der Waals surface area contributed by atoms with Gasteiger partial charge < -0.3 is 4.74 Å². The van der Waals surface area contributed by atoms with E-state index >= 15 is 4.39 Å². The molecular formula is C22H24ClF2NO5S2. The number of nitrogens with one attached hydrogen (secondary N) is 1. The molecule has 4 rings (SSSR count). The first kappa shape index (κ1) is 24.4. The van der Waals surface area contributed by atoms with E-state index in [0.29, 0.717) is 11.4 Å². The molecule has 1 heterocycles. The molecule has 0 amide bonds. The molecule has 3 atom stereocenters. The summed E-state index contributed by atoms with van der Waals surface area (Å²) in [5.41, 5.74) is -0.330. The highest BCUT2D eigenvalue weighted by Gasteiger charge is 2.59. The first-order valence-electron chi connectivity index (χ1n) is 10.6. The average molecular weight is 520 g/mol. The Morgan fingerprint density at radius 2 is 1.76 bits per heavy atom. The summed E-state index contributed by atoms with van der Waals surface area (Å²) >= 11 is 5.93. The van der Waals surface area contributed by atoms with Gasteiger partial charge in [-0.3, -0.25) is 0 Å². The van der Waals surface area contributed by atoms with Gasteiger partial charge in [-0.05, 0) is 62.1 Å². The van der Waals surface area contributed by atoms with E-state index in [2.05, 4.69) is 4.72 Å². The van der Waals surface area contributed by atoms with Crippen molar-refractivity contribution in [3.8, 4) is 5.75 Å². The minimum absolute atomic E-state index is 0.0540. The van der Waals surface area contributed by atoms with E-state index < -0.39 is 54.0 Å². The van der Waals surface area contributed by atoms with Crippen molar-refractivity contribution in [2.75, 3.05) is 12.4 Å². The van der Waals surface area contributed by atoms with Crippen molar-refractivity contribution in [3.63, 3.8) is 0 Å². The van der Waals surface area contributed by atoms with Crippen molar-refractivity contribution in [1.29, 1.82) is 0 Å². The minimum Gasteiger partial charge on any atom is -0.490 e. The second-order valence-corrected chi connectivity index (χ2v) is 13.0. The van der Waals surface area contributed by atoms with Gasteiger partial charge in [-0.25, -0.2) is 30.3 Å².